The highest BCUT2D eigenvalue weighted by molar-refractivity contribution is 5.49. The number of hydrogen-bond acceptors (Lipinski definition) is 6. The Morgan fingerprint density at radius 2 is 1.97 bits per heavy atom. The van der Waals surface area contributed by atoms with Crippen molar-refractivity contribution < 1.29 is 9.47 Å². The third kappa shape index (κ3) is 3.86. The second kappa shape index (κ2) is 8.05. The first-order chi connectivity index (χ1) is 14.1. The Hall–Kier alpha value is -3.19. The first-order valence-electron chi connectivity index (χ1n) is 9.56. The molecule has 2 aromatic heterocycles. The first-order valence-corrected chi connectivity index (χ1v) is 9.56. The second-order valence-electron chi connectivity index (χ2n) is 7.15. The molecule has 0 aliphatic carbocycles. The maximum atomic E-state index is 12.7. The van der Waals surface area contributed by atoms with Gasteiger partial charge in [-0.3, -0.25) is 14.7 Å². The predicted octanol–water partition coefficient (Wildman–Crippen LogP) is 2.72. The summed E-state index contributed by atoms with van der Waals surface area (Å²) >= 11 is 0. The van der Waals surface area contributed by atoms with Crippen molar-refractivity contribution in [1.82, 2.24) is 19.9 Å². The monoisotopic (exact) mass is 392 g/mol. The van der Waals surface area contributed by atoms with Crippen LogP contribution in [0.5, 0.6) is 11.5 Å². The zero-order chi connectivity index (χ0) is 20.4. The van der Waals surface area contributed by atoms with Crippen LogP contribution in [0.3, 0.4) is 0 Å². The average Bonchev–Trinajstić information content (AvgIpc) is 2.75. The van der Waals surface area contributed by atoms with E-state index in [0.717, 1.165) is 47.6 Å². The number of rotatable bonds is 5. The summed E-state index contributed by atoms with van der Waals surface area (Å²) in [7, 11) is 3.27. The van der Waals surface area contributed by atoms with E-state index < -0.39 is 0 Å². The lowest BCUT2D eigenvalue weighted by atomic mass is 10.0. The Morgan fingerprint density at radius 1 is 1.17 bits per heavy atom. The topological polar surface area (TPSA) is 80.3 Å². The molecule has 7 heteroatoms. The van der Waals surface area contributed by atoms with E-state index in [2.05, 4.69) is 26.8 Å². The number of hydrogen-bond donors (Lipinski definition) is 1. The number of nitrogens with one attached hydrogen (secondary N) is 1. The van der Waals surface area contributed by atoms with Gasteiger partial charge in [-0.1, -0.05) is 6.07 Å². The van der Waals surface area contributed by atoms with Crippen LogP contribution in [0.1, 0.15) is 22.4 Å². The standard InChI is InChI=1S/C22H24N4O3/c1-14-10-19(28-2)20(29-3)11-15(14)12-26-9-7-17-16(13-26)22(27)25-21(24-17)18-6-4-5-8-23-18/h4-6,8,10-11H,7,9,12-13H2,1-3H3,(H,24,25,27). The lowest BCUT2D eigenvalue weighted by Gasteiger charge is -2.28. The van der Waals surface area contributed by atoms with Gasteiger partial charge in [0.15, 0.2) is 17.3 Å². The summed E-state index contributed by atoms with van der Waals surface area (Å²) in [6.45, 7) is 4.18. The fraction of sp³-hybridized carbons (Fsp3) is 0.318. The number of aryl methyl sites for hydroxylation is 1. The van der Waals surface area contributed by atoms with E-state index >= 15 is 0 Å². The van der Waals surface area contributed by atoms with Crippen molar-refractivity contribution in [2.24, 2.45) is 0 Å². The van der Waals surface area contributed by atoms with Gasteiger partial charge < -0.3 is 14.5 Å². The van der Waals surface area contributed by atoms with Crippen molar-refractivity contribution in [2.75, 3.05) is 20.8 Å². The zero-order valence-corrected chi connectivity index (χ0v) is 16.9. The third-order valence-corrected chi connectivity index (χ3v) is 5.29. The number of pyridine rings is 1. The summed E-state index contributed by atoms with van der Waals surface area (Å²) in [5.74, 6) is 1.96. The molecule has 0 radical (unpaired) electrons. The number of benzene rings is 1. The Labute approximate surface area is 169 Å². The molecule has 0 saturated heterocycles. The van der Waals surface area contributed by atoms with Gasteiger partial charge >= 0.3 is 0 Å². The Bertz CT molecular complexity index is 1080. The van der Waals surface area contributed by atoms with Crippen molar-refractivity contribution in [2.45, 2.75) is 26.4 Å². The van der Waals surface area contributed by atoms with E-state index in [9.17, 15) is 4.79 Å². The molecule has 4 rings (SSSR count). The molecule has 0 atom stereocenters. The number of aromatic nitrogens is 3. The maximum absolute atomic E-state index is 12.7. The summed E-state index contributed by atoms with van der Waals surface area (Å²) in [6, 6.07) is 9.57. The molecular formula is C22H24N4O3. The molecular weight excluding hydrogens is 368 g/mol. The number of fused-ring (bicyclic) bond motifs is 1. The molecule has 0 spiro atoms. The zero-order valence-electron chi connectivity index (χ0n) is 16.9. The molecule has 7 nitrogen and oxygen atoms in total. The van der Waals surface area contributed by atoms with Gasteiger partial charge in [0, 0.05) is 32.3 Å². The van der Waals surface area contributed by atoms with Crippen LogP contribution in [0, 0.1) is 6.92 Å². The molecule has 0 unspecified atom stereocenters. The van der Waals surface area contributed by atoms with Crippen molar-refractivity contribution >= 4 is 0 Å². The molecule has 0 amide bonds. The van der Waals surface area contributed by atoms with Crippen LogP contribution in [0.4, 0.5) is 0 Å². The van der Waals surface area contributed by atoms with Gasteiger partial charge in [-0.15, -0.1) is 0 Å². The predicted molar refractivity (Wildman–Crippen MR) is 110 cm³/mol. The van der Waals surface area contributed by atoms with Crippen LogP contribution in [0.2, 0.25) is 0 Å². The highest BCUT2D eigenvalue weighted by Gasteiger charge is 2.22. The molecule has 29 heavy (non-hydrogen) atoms. The van der Waals surface area contributed by atoms with Crippen molar-refractivity contribution in [3.05, 3.63) is 69.3 Å². The largest absolute Gasteiger partial charge is 0.493 e. The maximum Gasteiger partial charge on any atom is 0.255 e. The van der Waals surface area contributed by atoms with Gasteiger partial charge in [0.2, 0.25) is 0 Å². The van der Waals surface area contributed by atoms with E-state index in [1.807, 2.05) is 30.3 Å². The molecule has 1 aliphatic heterocycles. The normalized spacial score (nSPS) is 13.8. The van der Waals surface area contributed by atoms with Crippen molar-refractivity contribution in [3.63, 3.8) is 0 Å². The molecule has 3 heterocycles. The highest BCUT2D eigenvalue weighted by atomic mass is 16.5. The van der Waals surface area contributed by atoms with Gasteiger partial charge in [0.25, 0.3) is 5.56 Å². The van der Waals surface area contributed by atoms with Gasteiger partial charge in [-0.25, -0.2) is 4.98 Å². The first kappa shape index (κ1) is 19.1. The quantitative estimate of drug-likeness (QED) is 0.719. The van der Waals surface area contributed by atoms with E-state index in [0.29, 0.717) is 23.8 Å². The summed E-state index contributed by atoms with van der Waals surface area (Å²) in [6.07, 6.45) is 2.42. The minimum atomic E-state index is -0.0932. The van der Waals surface area contributed by atoms with Gasteiger partial charge in [0.1, 0.15) is 5.69 Å². The van der Waals surface area contributed by atoms with E-state index in [-0.39, 0.29) is 5.56 Å². The molecule has 0 bridgehead atoms. The van der Waals surface area contributed by atoms with Gasteiger partial charge in [0.05, 0.1) is 25.5 Å². The van der Waals surface area contributed by atoms with Gasteiger partial charge in [-0.05, 0) is 42.3 Å². The number of methoxy groups -OCH3 is 2. The summed E-state index contributed by atoms with van der Waals surface area (Å²) in [5.41, 5.74) is 4.45. The third-order valence-electron chi connectivity index (χ3n) is 5.29. The molecule has 0 fully saturated rings. The van der Waals surface area contributed by atoms with Crippen molar-refractivity contribution in [3.8, 4) is 23.0 Å². The average molecular weight is 392 g/mol. The second-order valence-corrected chi connectivity index (χ2v) is 7.15. The summed E-state index contributed by atoms with van der Waals surface area (Å²) in [4.78, 5) is 26.8. The van der Waals surface area contributed by atoms with E-state index in [1.54, 1.807) is 20.4 Å². The lowest BCUT2D eigenvalue weighted by molar-refractivity contribution is 0.241. The summed E-state index contributed by atoms with van der Waals surface area (Å²) < 4.78 is 10.8. The number of aromatic amines is 1. The molecule has 1 N–H and O–H groups in total. The SMILES string of the molecule is COc1cc(C)c(CN2CCc3nc(-c4ccccn4)[nH]c(=O)c3C2)cc1OC. The molecule has 3 aromatic rings. The molecule has 0 saturated carbocycles. The van der Waals surface area contributed by atoms with Crippen LogP contribution < -0.4 is 15.0 Å². The van der Waals surface area contributed by atoms with Gasteiger partial charge in [-0.2, -0.15) is 0 Å². The van der Waals surface area contributed by atoms with E-state index in [4.69, 9.17) is 9.47 Å². The number of nitrogens with zero attached hydrogens (tertiary/aromatic N) is 3. The minimum Gasteiger partial charge on any atom is -0.493 e. The molecule has 1 aromatic carbocycles. The van der Waals surface area contributed by atoms with Crippen LogP contribution in [-0.4, -0.2) is 40.6 Å². The molecule has 1 aliphatic rings. The van der Waals surface area contributed by atoms with Crippen LogP contribution >= 0.6 is 0 Å². The fourth-order valence-electron chi connectivity index (χ4n) is 3.67. The number of H-pyrrole nitrogens is 1. The van der Waals surface area contributed by atoms with E-state index in [1.165, 1.54) is 0 Å². The minimum absolute atomic E-state index is 0.0932. The smallest absolute Gasteiger partial charge is 0.255 e. The lowest BCUT2D eigenvalue weighted by Crippen LogP contribution is -2.35. The van der Waals surface area contributed by atoms with Crippen molar-refractivity contribution in [1.29, 1.82) is 0 Å². The number of ether oxygens (including phenoxy) is 2. The van der Waals surface area contributed by atoms with Crippen LogP contribution in [0.25, 0.3) is 11.5 Å². The van der Waals surface area contributed by atoms with Crippen LogP contribution in [0.15, 0.2) is 41.3 Å². The Morgan fingerprint density at radius 3 is 2.69 bits per heavy atom. The highest BCUT2D eigenvalue weighted by Crippen LogP contribution is 2.31. The summed E-state index contributed by atoms with van der Waals surface area (Å²) in [5, 5.41) is 0. The van der Waals surface area contributed by atoms with Crippen LogP contribution in [-0.2, 0) is 19.5 Å². The molecule has 150 valence electrons. The Balaban J connectivity index is 1.58. The Kier molecular flexibility index (Phi) is 5.31. The fourth-order valence-corrected chi connectivity index (χ4v) is 3.67.